The second-order valence-electron chi connectivity index (χ2n) is 3.77. The van der Waals surface area contributed by atoms with E-state index in [1.165, 1.54) is 0 Å². The van der Waals surface area contributed by atoms with Crippen molar-refractivity contribution < 1.29 is 0 Å². The summed E-state index contributed by atoms with van der Waals surface area (Å²) >= 11 is 6.14. The molecule has 0 spiro atoms. The van der Waals surface area contributed by atoms with Crippen LogP contribution in [0.1, 0.15) is 19.0 Å². The summed E-state index contributed by atoms with van der Waals surface area (Å²) in [6.45, 7) is 3.86. The Morgan fingerprint density at radius 2 is 2.18 bits per heavy atom. The number of hydrogen-bond donors (Lipinski definition) is 1. The first-order valence-corrected chi connectivity index (χ1v) is 6.06. The Kier molecular flexibility index (Phi) is 4.12. The molecule has 90 valence electrons. The number of nitrogens with zero attached hydrogens (tertiary/aromatic N) is 3. The summed E-state index contributed by atoms with van der Waals surface area (Å²) in [4.78, 5) is 0. The Hall–Kier alpha value is -1.39. The summed E-state index contributed by atoms with van der Waals surface area (Å²) in [5.41, 5.74) is 1.87. The molecule has 0 aliphatic rings. The van der Waals surface area contributed by atoms with Crippen molar-refractivity contribution in [3.8, 4) is 5.69 Å². The van der Waals surface area contributed by atoms with Gasteiger partial charge in [0.1, 0.15) is 0 Å². The summed E-state index contributed by atoms with van der Waals surface area (Å²) in [5, 5.41) is 12.0. The molecule has 1 aromatic carbocycles. The average molecular weight is 251 g/mol. The summed E-state index contributed by atoms with van der Waals surface area (Å²) in [6.07, 6.45) is 2.86. The standard InChI is InChI=1S/C12H15ClN4/c1-2-7-14-8-10-9-15-16-17(10)12-6-4-3-5-11(12)13/h3-6,9,14H,2,7-8H2,1H3. The Morgan fingerprint density at radius 3 is 2.94 bits per heavy atom. The SMILES string of the molecule is CCCNCc1cnnn1-c1ccccc1Cl. The third-order valence-corrected chi connectivity index (χ3v) is 2.75. The first-order chi connectivity index (χ1) is 8.33. The van der Waals surface area contributed by atoms with Gasteiger partial charge in [-0.25, -0.2) is 4.68 Å². The first kappa shape index (κ1) is 12.1. The lowest BCUT2D eigenvalue weighted by molar-refractivity contribution is 0.641. The number of nitrogens with one attached hydrogen (secondary N) is 1. The maximum atomic E-state index is 6.14. The van der Waals surface area contributed by atoms with Crippen LogP contribution >= 0.6 is 11.6 Å². The molecular weight excluding hydrogens is 236 g/mol. The highest BCUT2D eigenvalue weighted by Gasteiger charge is 2.08. The van der Waals surface area contributed by atoms with Gasteiger partial charge in [-0.15, -0.1) is 5.10 Å². The molecule has 4 nitrogen and oxygen atoms in total. The molecule has 1 aromatic heterocycles. The van der Waals surface area contributed by atoms with Gasteiger partial charge in [-0.05, 0) is 25.1 Å². The van der Waals surface area contributed by atoms with E-state index in [0.717, 1.165) is 30.9 Å². The smallest absolute Gasteiger partial charge is 0.0853 e. The maximum Gasteiger partial charge on any atom is 0.0853 e. The van der Waals surface area contributed by atoms with E-state index in [2.05, 4.69) is 22.6 Å². The number of aromatic nitrogens is 3. The fourth-order valence-electron chi connectivity index (χ4n) is 1.60. The quantitative estimate of drug-likeness (QED) is 0.829. The minimum absolute atomic E-state index is 0.676. The lowest BCUT2D eigenvalue weighted by Gasteiger charge is -2.08. The van der Waals surface area contributed by atoms with Crippen molar-refractivity contribution in [1.29, 1.82) is 0 Å². The van der Waals surface area contributed by atoms with Crippen LogP contribution in [0.5, 0.6) is 0 Å². The Bertz CT molecular complexity index is 481. The second kappa shape index (κ2) is 5.80. The molecule has 1 heterocycles. The molecule has 2 rings (SSSR count). The minimum atomic E-state index is 0.676. The number of para-hydroxylation sites is 1. The zero-order chi connectivity index (χ0) is 12.1. The van der Waals surface area contributed by atoms with E-state index >= 15 is 0 Å². The van der Waals surface area contributed by atoms with E-state index in [4.69, 9.17) is 11.6 Å². The van der Waals surface area contributed by atoms with Crippen LogP contribution in [0.2, 0.25) is 5.02 Å². The van der Waals surface area contributed by atoms with Crippen molar-refractivity contribution in [3.63, 3.8) is 0 Å². The normalized spacial score (nSPS) is 10.7. The second-order valence-corrected chi connectivity index (χ2v) is 4.17. The number of halogens is 1. The summed E-state index contributed by atoms with van der Waals surface area (Å²) in [7, 11) is 0. The van der Waals surface area contributed by atoms with Gasteiger partial charge in [-0.3, -0.25) is 0 Å². The van der Waals surface area contributed by atoms with Crippen molar-refractivity contribution in [1.82, 2.24) is 20.3 Å². The van der Waals surface area contributed by atoms with E-state index in [0.29, 0.717) is 5.02 Å². The van der Waals surface area contributed by atoms with Gasteiger partial charge < -0.3 is 5.32 Å². The van der Waals surface area contributed by atoms with Crippen LogP contribution < -0.4 is 5.32 Å². The van der Waals surface area contributed by atoms with Gasteiger partial charge in [-0.1, -0.05) is 35.9 Å². The Balaban J connectivity index is 2.22. The Labute approximate surface area is 106 Å². The van der Waals surface area contributed by atoms with Crippen molar-refractivity contribution in [2.24, 2.45) is 0 Å². The molecule has 0 aliphatic carbocycles. The van der Waals surface area contributed by atoms with Crippen molar-refractivity contribution in [2.75, 3.05) is 6.54 Å². The molecule has 5 heteroatoms. The predicted molar refractivity (Wildman–Crippen MR) is 68.4 cm³/mol. The van der Waals surface area contributed by atoms with Crippen LogP contribution in [0.25, 0.3) is 5.69 Å². The predicted octanol–water partition coefficient (Wildman–Crippen LogP) is 2.42. The molecule has 0 aliphatic heterocycles. The largest absolute Gasteiger partial charge is 0.311 e. The minimum Gasteiger partial charge on any atom is -0.311 e. The van der Waals surface area contributed by atoms with Crippen LogP contribution in [0.4, 0.5) is 0 Å². The lowest BCUT2D eigenvalue weighted by atomic mass is 10.3. The number of rotatable bonds is 5. The molecule has 0 amide bonds. The molecule has 0 atom stereocenters. The highest BCUT2D eigenvalue weighted by Crippen LogP contribution is 2.19. The Morgan fingerprint density at radius 1 is 1.35 bits per heavy atom. The van der Waals surface area contributed by atoms with Crippen LogP contribution in [0.3, 0.4) is 0 Å². The third-order valence-electron chi connectivity index (χ3n) is 2.43. The molecule has 17 heavy (non-hydrogen) atoms. The van der Waals surface area contributed by atoms with E-state index in [1.807, 2.05) is 24.3 Å². The lowest BCUT2D eigenvalue weighted by Crippen LogP contribution is -2.16. The van der Waals surface area contributed by atoms with Crippen LogP contribution in [0, 0.1) is 0 Å². The van der Waals surface area contributed by atoms with Crippen LogP contribution in [-0.4, -0.2) is 21.5 Å². The van der Waals surface area contributed by atoms with Crippen molar-refractivity contribution in [2.45, 2.75) is 19.9 Å². The zero-order valence-corrected chi connectivity index (χ0v) is 10.5. The van der Waals surface area contributed by atoms with Crippen molar-refractivity contribution >= 4 is 11.6 Å². The molecule has 0 radical (unpaired) electrons. The molecule has 2 aromatic rings. The summed E-state index contributed by atoms with van der Waals surface area (Å²) in [6, 6.07) is 7.62. The molecular formula is C12H15ClN4. The third kappa shape index (κ3) is 2.84. The molecule has 0 unspecified atom stereocenters. The average Bonchev–Trinajstić information content (AvgIpc) is 2.78. The number of hydrogen-bond acceptors (Lipinski definition) is 3. The van der Waals surface area contributed by atoms with Gasteiger partial charge in [0, 0.05) is 6.54 Å². The highest BCUT2D eigenvalue weighted by molar-refractivity contribution is 6.32. The monoisotopic (exact) mass is 250 g/mol. The zero-order valence-electron chi connectivity index (χ0n) is 9.73. The number of benzene rings is 1. The highest BCUT2D eigenvalue weighted by atomic mass is 35.5. The van der Waals surface area contributed by atoms with Gasteiger partial charge in [-0.2, -0.15) is 0 Å². The maximum absolute atomic E-state index is 6.14. The van der Waals surface area contributed by atoms with Gasteiger partial charge >= 0.3 is 0 Å². The van der Waals surface area contributed by atoms with E-state index in [9.17, 15) is 0 Å². The van der Waals surface area contributed by atoms with Gasteiger partial charge in [0.15, 0.2) is 0 Å². The van der Waals surface area contributed by atoms with Crippen molar-refractivity contribution in [3.05, 3.63) is 41.2 Å². The van der Waals surface area contributed by atoms with Gasteiger partial charge in [0.05, 0.1) is 22.6 Å². The first-order valence-electron chi connectivity index (χ1n) is 5.68. The van der Waals surface area contributed by atoms with E-state index in [1.54, 1.807) is 10.9 Å². The molecule has 1 N–H and O–H groups in total. The fourth-order valence-corrected chi connectivity index (χ4v) is 1.81. The van der Waals surface area contributed by atoms with E-state index in [-0.39, 0.29) is 0 Å². The molecule has 0 bridgehead atoms. The summed E-state index contributed by atoms with van der Waals surface area (Å²) in [5.74, 6) is 0. The van der Waals surface area contributed by atoms with E-state index < -0.39 is 0 Å². The van der Waals surface area contributed by atoms with Crippen LogP contribution in [0.15, 0.2) is 30.5 Å². The molecule has 0 saturated carbocycles. The molecule has 0 saturated heterocycles. The summed E-state index contributed by atoms with van der Waals surface area (Å²) < 4.78 is 1.77. The topological polar surface area (TPSA) is 42.7 Å². The fraction of sp³-hybridized carbons (Fsp3) is 0.333. The van der Waals surface area contributed by atoms with Gasteiger partial charge in [0.25, 0.3) is 0 Å². The molecule has 0 fully saturated rings. The van der Waals surface area contributed by atoms with Gasteiger partial charge in [0.2, 0.25) is 0 Å². The van der Waals surface area contributed by atoms with Crippen LogP contribution in [-0.2, 0) is 6.54 Å².